The standard InChI is InChI=1S/C25H24FN9O2/c1-4-16(31-23-21(22(27)28-13-29-23)35-30-12-14(2)33-35)24-32-17-9-7-8-15(26)20(17)25(36)34(24)18-10-5-6-11-19(18)37-3/h5-13,16H,4H2,1-3H3,(H3,27,28,29,31)/t16-/m0/s1. The monoisotopic (exact) mass is 501 g/mol. The highest BCUT2D eigenvalue weighted by Gasteiger charge is 2.25. The summed E-state index contributed by atoms with van der Waals surface area (Å²) in [6.07, 6.45) is 3.39. The first-order valence-electron chi connectivity index (χ1n) is 11.5. The number of hydrogen-bond acceptors (Lipinski definition) is 9. The van der Waals surface area contributed by atoms with E-state index in [0.717, 1.165) is 0 Å². The van der Waals surface area contributed by atoms with Gasteiger partial charge in [0.05, 0.1) is 36.2 Å². The molecule has 3 aromatic heterocycles. The molecule has 2 aromatic carbocycles. The lowest BCUT2D eigenvalue weighted by Crippen LogP contribution is -2.29. The molecule has 0 amide bonds. The lowest BCUT2D eigenvalue weighted by Gasteiger charge is -2.24. The lowest BCUT2D eigenvalue weighted by atomic mass is 10.1. The van der Waals surface area contributed by atoms with E-state index in [2.05, 4.69) is 25.5 Å². The number of anilines is 2. The van der Waals surface area contributed by atoms with Crippen molar-refractivity contribution in [3.63, 3.8) is 0 Å². The molecule has 0 saturated carbocycles. The molecular weight excluding hydrogens is 477 g/mol. The maximum absolute atomic E-state index is 14.8. The van der Waals surface area contributed by atoms with E-state index in [1.165, 1.54) is 34.9 Å². The third-order valence-corrected chi connectivity index (χ3v) is 5.89. The van der Waals surface area contributed by atoms with Gasteiger partial charge in [0.1, 0.15) is 29.1 Å². The molecule has 0 bridgehead atoms. The molecule has 3 heterocycles. The number of ether oxygens (including phenoxy) is 1. The molecule has 188 valence electrons. The maximum atomic E-state index is 14.8. The lowest BCUT2D eigenvalue weighted by molar-refractivity contribution is 0.411. The van der Waals surface area contributed by atoms with Crippen LogP contribution in [-0.2, 0) is 0 Å². The summed E-state index contributed by atoms with van der Waals surface area (Å²) in [4.78, 5) is 28.3. The van der Waals surface area contributed by atoms with Gasteiger partial charge in [0.15, 0.2) is 17.3 Å². The zero-order valence-corrected chi connectivity index (χ0v) is 20.4. The molecule has 0 fully saturated rings. The Balaban J connectivity index is 1.74. The highest BCUT2D eigenvalue weighted by atomic mass is 19.1. The SMILES string of the molecule is CC[C@H](Nc1ncnc(N)c1-n1ncc(C)n1)c1nc2cccc(F)c2c(=O)n1-c1ccccc1OC. The summed E-state index contributed by atoms with van der Waals surface area (Å²) in [6, 6.07) is 10.8. The molecule has 5 aromatic rings. The van der Waals surface area contributed by atoms with Gasteiger partial charge in [-0.2, -0.15) is 10.2 Å². The number of aryl methyl sites for hydroxylation is 1. The molecule has 5 rings (SSSR count). The molecule has 0 radical (unpaired) electrons. The summed E-state index contributed by atoms with van der Waals surface area (Å²) in [5, 5.41) is 11.8. The third-order valence-electron chi connectivity index (χ3n) is 5.89. The summed E-state index contributed by atoms with van der Waals surface area (Å²) < 4.78 is 21.7. The number of nitrogens with one attached hydrogen (secondary N) is 1. The van der Waals surface area contributed by atoms with Crippen molar-refractivity contribution in [2.75, 3.05) is 18.2 Å². The van der Waals surface area contributed by atoms with Crippen LogP contribution in [0.1, 0.15) is 30.9 Å². The fraction of sp³-hybridized carbons (Fsp3) is 0.200. The van der Waals surface area contributed by atoms with Gasteiger partial charge in [-0.05, 0) is 37.6 Å². The molecule has 0 spiro atoms. The molecule has 12 heteroatoms. The topological polar surface area (TPSA) is 139 Å². The van der Waals surface area contributed by atoms with E-state index in [1.54, 1.807) is 43.5 Å². The number of nitrogen functional groups attached to an aromatic ring is 1. The van der Waals surface area contributed by atoms with E-state index in [1.807, 2.05) is 6.92 Å². The van der Waals surface area contributed by atoms with Crippen molar-refractivity contribution < 1.29 is 9.13 Å². The number of nitrogens with two attached hydrogens (primary N) is 1. The second kappa shape index (κ2) is 9.64. The smallest absolute Gasteiger partial charge is 0.269 e. The number of para-hydroxylation sites is 2. The number of nitrogens with zero attached hydrogens (tertiary/aromatic N) is 7. The maximum Gasteiger partial charge on any atom is 0.269 e. The normalized spacial score (nSPS) is 12.0. The van der Waals surface area contributed by atoms with Gasteiger partial charge in [0.2, 0.25) is 0 Å². The molecule has 11 nitrogen and oxygen atoms in total. The van der Waals surface area contributed by atoms with Crippen LogP contribution in [0, 0.1) is 12.7 Å². The minimum atomic E-state index is -0.655. The Morgan fingerprint density at radius 3 is 2.70 bits per heavy atom. The number of fused-ring (bicyclic) bond motifs is 1. The van der Waals surface area contributed by atoms with Crippen molar-refractivity contribution in [3.8, 4) is 17.1 Å². The van der Waals surface area contributed by atoms with Crippen molar-refractivity contribution in [1.82, 2.24) is 34.5 Å². The Kier molecular flexibility index (Phi) is 6.22. The van der Waals surface area contributed by atoms with Gasteiger partial charge in [0.25, 0.3) is 5.56 Å². The average Bonchev–Trinajstić information content (AvgIpc) is 3.32. The quantitative estimate of drug-likeness (QED) is 0.344. The van der Waals surface area contributed by atoms with Gasteiger partial charge in [0, 0.05) is 0 Å². The van der Waals surface area contributed by atoms with Crippen LogP contribution in [0.5, 0.6) is 5.75 Å². The number of benzene rings is 2. The van der Waals surface area contributed by atoms with Crippen molar-refractivity contribution in [2.24, 2.45) is 0 Å². The van der Waals surface area contributed by atoms with E-state index in [4.69, 9.17) is 15.5 Å². The predicted molar refractivity (Wildman–Crippen MR) is 137 cm³/mol. The van der Waals surface area contributed by atoms with Crippen LogP contribution in [0.3, 0.4) is 0 Å². The second-order valence-corrected chi connectivity index (χ2v) is 8.25. The van der Waals surface area contributed by atoms with Gasteiger partial charge < -0.3 is 15.8 Å². The van der Waals surface area contributed by atoms with Gasteiger partial charge in [-0.25, -0.2) is 19.3 Å². The first-order chi connectivity index (χ1) is 17.9. The van der Waals surface area contributed by atoms with Crippen LogP contribution in [-0.4, -0.2) is 41.6 Å². The van der Waals surface area contributed by atoms with E-state index < -0.39 is 17.4 Å². The van der Waals surface area contributed by atoms with Crippen molar-refractivity contribution in [1.29, 1.82) is 0 Å². The van der Waals surface area contributed by atoms with Crippen LogP contribution >= 0.6 is 0 Å². The highest BCUT2D eigenvalue weighted by molar-refractivity contribution is 5.79. The Morgan fingerprint density at radius 2 is 1.97 bits per heavy atom. The number of rotatable bonds is 7. The zero-order chi connectivity index (χ0) is 26.1. The number of hydrogen-bond donors (Lipinski definition) is 2. The average molecular weight is 502 g/mol. The number of aromatic nitrogens is 7. The summed E-state index contributed by atoms with van der Waals surface area (Å²) in [7, 11) is 1.50. The van der Waals surface area contributed by atoms with Gasteiger partial charge in [-0.1, -0.05) is 25.1 Å². The third kappa shape index (κ3) is 4.22. The molecule has 0 saturated heterocycles. The van der Waals surface area contributed by atoms with E-state index in [9.17, 15) is 9.18 Å². The number of methoxy groups -OCH3 is 1. The zero-order valence-electron chi connectivity index (χ0n) is 20.4. The summed E-state index contributed by atoms with van der Waals surface area (Å²) in [6.45, 7) is 3.72. The molecular formula is C25H24FN9O2. The van der Waals surface area contributed by atoms with Crippen molar-refractivity contribution >= 4 is 22.5 Å². The predicted octanol–water partition coefficient (Wildman–Crippen LogP) is 3.36. The minimum Gasteiger partial charge on any atom is -0.495 e. The molecule has 0 aliphatic carbocycles. The first kappa shape index (κ1) is 23.9. The summed E-state index contributed by atoms with van der Waals surface area (Å²) in [5.74, 6) is 0.620. The first-order valence-corrected chi connectivity index (χ1v) is 11.5. The molecule has 37 heavy (non-hydrogen) atoms. The molecule has 0 unspecified atom stereocenters. The molecule has 0 aliphatic heterocycles. The van der Waals surface area contributed by atoms with Crippen molar-refractivity contribution in [3.05, 3.63) is 82.7 Å². The Morgan fingerprint density at radius 1 is 1.16 bits per heavy atom. The Bertz CT molecular complexity index is 1660. The molecule has 1 atom stereocenters. The minimum absolute atomic E-state index is 0.116. The summed E-state index contributed by atoms with van der Waals surface area (Å²) >= 11 is 0. The summed E-state index contributed by atoms with van der Waals surface area (Å²) in [5.41, 5.74) is 7.31. The van der Waals surface area contributed by atoms with Gasteiger partial charge in [-0.15, -0.1) is 4.80 Å². The van der Waals surface area contributed by atoms with E-state index in [-0.39, 0.29) is 16.7 Å². The van der Waals surface area contributed by atoms with Crippen LogP contribution < -0.4 is 21.3 Å². The van der Waals surface area contributed by atoms with Gasteiger partial charge >= 0.3 is 0 Å². The van der Waals surface area contributed by atoms with E-state index >= 15 is 0 Å². The Labute approximate surface area is 210 Å². The van der Waals surface area contributed by atoms with Crippen molar-refractivity contribution in [2.45, 2.75) is 26.3 Å². The second-order valence-electron chi connectivity index (χ2n) is 8.25. The van der Waals surface area contributed by atoms with E-state index in [0.29, 0.717) is 40.9 Å². The largest absolute Gasteiger partial charge is 0.495 e. The van der Waals surface area contributed by atoms with Crippen LogP contribution in [0.15, 0.2) is 59.8 Å². The number of halogens is 1. The van der Waals surface area contributed by atoms with Crippen LogP contribution in [0.25, 0.3) is 22.3 Å². The highest BCUT2D eigenvalue weighted by Crippen LogP contribution is 2.30. The molecule has 3 N–H and O–H groups in total. The fourth-order valence-corrected chi connectivity index (χ4v) is 4.14. The molecule has 0 aliphatic rings. The fourth-order valence-electron chi connectivity index (χ4n) is 4.14. The van der Waals surface area contributed by atoms with Crippen LogP contribution in [0.2, 0.25) is 0 Å². The Hall–Kier alpha value is -4.87. The van der Waals surface area contributed by atoms with Crippen LogP contribution in [0.4, 0.5) is 16.0 Å². The van der Waals surface area contributed by atoms with Gasteiger partial charge in [-0.3, -0.25) is 9.36 Å².